The molecule has 0 saturated carbocycles. The number of carbonyl (C=O) groups is 4. The molecule has 0 spiro atoms. The Bertz CT molecular complexity index is 1250. The summed E-state index contributed by atoms with van der Waals surface area (Å²) in [5.74, 6) is -4.57. The fraction of sp³-hybridized carbons (Fsp3) is 0.519. The largest absolute Gasteiger partial charge is 1.00 e. The van der Waals surface area contributed by atoms with E-state index in [0.717, 1.165) is 29.5 Å². The average molecular weight is 602 g/mol. The van der Waals surface area contributed by atoms with Gasteiger partial charge in [-0.1, -0.05) is 61.6 Å². The second-order valence-electron chi connectivity index (χ2n) is 10.1. The molecule has 1 aromatic heterocycles. The number of hydrogen-bond donors (Lipinski definition) is 2. The third-order valence-corrected chi connectivity index (χ3v) is 8.82. The van der Waals surface area contributed by atoms with Gasteiger partial charge in [-0.25, -0.2) is 4.79 Å². The zero-order chi connectivity index (χ0) is 29.1. The first-order chi connectivity index (χ1) is 18.3. The number of benzene rings is 1. The number of carboxylic acids is 2. The molecule has 40 heavy (non-hydrogen) atoms. The Balaban J connectivity index is 0.00000560. The molecule has 2 aromatic rings. The molecule has 0 bridgehead atoms. The predicted octanol–water partition coefficient (Wildman–Crippen LogP) is 0.505. The predicted molar refractivity (Wildman–Crippen MR) is 145 cm³/mol. The minimum atomic E-state index is -1.73. The van der Waals surface area contributed by atoms with Crippen molar-refractivity contribution in [2.24, 2.45) is 5.92 Å². The molecule has 4 atom stereocenters. The van der Waals surface area contributed by atoms with E-state index in [9.17, 15) is 29.4 Å². The maximum Gasteiger partial charge on any atom is 1.00 e. The second kappa shape index (κ2) is 14.2. The summed E-state index contributed by atoms with van der Waals surface area (Å²) in [5.41, 5.74) is 0.500. The summed E-state index contributed by atoms with van der Waals surface area (Å²) in [6.45, 7) is 8.59. The van der Waals surface area contributed by atoms with Crippen LogP contribution in [-0.2, 0) is 14.4 Å². The first kappa shape index (κ1) is 34.2. The average Bonchev–Trinajstić information content (AvgIpc) is 3.38. The number of thioether (sulfide) groups is 1. The molecule has 1 aromatic carbocycles. The van der Waals surface area contributed by atoms with Crippen molar-refractivity contribution in [1.29, 1.82) is 0 Å². The summed E-state index contributed by atoms with van der Waals surface area (Å²) < 4.78 is 4.19. The van der Waals surface area contributed by atoms with E-state index < -0.39 is 51.9 Å². The Kier molecular flexibility index (Phi) is 12.1. The van der Waals surface area contributed by atoms with E-state index in [4.69, 9.17) is 16.1 Å². The summed E-state index contributed by atoms with van der Waals surface area (Å²) >= 11 is 7.30. The maximum atomic E-state index is 13.8. The van der Waals surface area contributed by atoms with Gasteiger partial charge in [0.2, 0.25) is 5.91 Å². The number of nitrogens with zero attached hydrogens (tertiary/aromatic N) is 2. The van der Waals surface area contributed by atoms with Crippen LogP contribution in [0.1, 0.15) is 69.5 Å². The second-order valence-corrected chi connectivity index (χ2v) is 12.2. The first-order valence-electron chi connectivity index (χ1n) is 12.8. The van der Waals surface area contributed by atoms with Crippen LogP contribution < -0.4 is 40.0 Å². The van der Waals surface area contributed by atoms with Crippen molar-refractivity contribution >= 4 is 47.1 Å². The zero-order valence-corrected chi connectivity index (χ0v) is 27.1. The van der Waals surface area contributed by atoms with Crippen LogP contribution in [0.5, 0.6) is 0 Å². The van der Waals surface area contributed by atoms with Crippen LogP contribution >= 0.6 is 23.4 Å². The fourth-order valence-electron chi connectivity index (χ4n) is 4.91. The molecule has 212 valence electrons. The molecule has 10 nitrogen and oxygen atoms in total. The van der Waals surface area contributed by atoms with Gasteiger partial charge in [0.1, 0.15) is 28.4 Å². The van der Waals surface area contributed by atoms with Crippen molar-refractivity contribution in [3.63, 3.8) is 0 Å². The van der Waals surface area contributed by atoms with Crippen molar-refractivity contribution in [2.45, 2.75) is 82.5 Å². The number of hydrogen-bond acceptors (Lipinski definition) is 8. The maximum absolute atomic E-state index is 13.8. The summed E-state index contributed by atoms with van der Waals surface area (Å²) in [7, 11) is 0. The van der Waals surface area contributed by atoms with E-state index in [1.54, 1.807) is 38.1 Å². The number of aliphatic carboxylic acids is 2. The van der Waals surface area contributed by atoms with Crippen LogP contribution in [0.2, 0.25) is 5.02 Å². The van der Waals surface area contributed by atoms with Crippen molar-refractivity contribution in [3.05, 3.63) is 40.6 Å². The smallest absolute Gasteiger partial charge is 0.548 e. The Morgan fingerprint density at radius 1 is 1.25 bits per heavy atom. The van der Waals surface area contributed by atoms with Gasteiger partial charge in [-0.15, -0.1) is 11.8 Å². The van der Waals surface area contributed by atoms with Crippen LogP contribution in [0.4, 0.5) is 0 Å². The van der Waals surface area contributed by atoms with Crippen LogP contribution in [-0.4, -0.2) is 61.1 Å². The number of aromatic nitrogens is 1. The Hall–Kier alpha value is -2.05. The van der Waals surface area contributed by atoms with Gasteiger partial charge < -0.3 is 29.7 Å². The molecule has 3 rings (SSSR count). The van der Waals surface area contributed by atoms with Gasteiger partial charge in [0.05, 0.1) is 17.0 Å². The van der Waals surface area contributed by atoms with Crippen LogP contribution in [0, 0.1) is 12.8 Å². The molecule has 1 fully saturated rings. The van der Waals surface area contributed by atoms with Crippen molar-refractivity contribution in [1.82, 2.24) is 15.4 Å². The van der Waals surface area contributed by atoms with Crippen molar-refractivity contribution in [3.8, 4) is 11.3 Å². The van der Waals surface area contributed by atoms with E-state index in [1.165, 1.54) is 6.92 Å². The standard InChI is InChI=1S/C27H34ClN3O7S.Na/c1-6-8-11-15(7-2)23(33)31-21(26(36)37)27(4,5)39-24(31)20(25(34)35)29-22(32)18-14(3)38-30-19(18)16-12-9-10-13-17(16)28;/h9-10,12-13,15,20-21,24H,6-8,11H2,1-5H3,(H,29,32)(H,34,35)(H,36,37);/q;+1/p-1/t15?,20?,21-,24?;/m0./s1. The van der Waals surface area contributed by atoms with Crippen molar-refractivity contribution < 1.29 is 63.5 Å². The Morgan fingerprint density at radius 3 is 2.45 bits per heavy atom. The molecule has 2 N–H and O–H groups in total. The number of carbonyl (C=O) groups excluding carboxylic acids is 3. The van der Waals surface area contributed by atoms with E-state index in [0.29, 0.717) is 23.4 Å². The number of unbranched alkanes of at least 4 members (excludes halogenated alkanes) is 1. The molecule has 2 heterocycles. The normalized spacial score (nSPS) is 19.4. The molecule has 13 heteroatoms. The van der Waals surface area contributed by atoms with Gasteiger partial charge in [0.15, 0.2) is 0 Å². The van der Waals surface area contributed by atoms with E-state index in [2.05, 4.69) is 10.5 Å². The van der Waals surface area contributed by atoms with Gasteiger partial charge in [0.25, 0.3) is 5.91 Å². The minimum Gasteiger partial charge on any atom is -0.548 e. The zero-order valence-electron chi connectivity index (χ0n) is 23.5. The molecule has 1 saturated heterocycles. The Morgan fingerprint density at radius 2 is 1.90 bits per heavy atom. The fourth-order valence-corrected chi connectivity index (χ4v) is 6.76. The van der Waals surface area contributed by atoms with E-state index in [-0.39, 0.29) is 46.6 Å². The number of carboxylic acid groups (broad SMARTS) is 2. The Labute approximate surface area is 264 Å². The number of rotatable bonds is 11. The van der Waals surface area contributed by atoms with Gasteiger partial charge in [-0.3, -0.25) is 9.59 Å². The number of aryl methyl sites for hydroxylation is 1. The first-order valence-corrected chi connectivity index (χ1v) is 14.1. The van der Waals surface area contributed by atoms with Crippen molar-refractivity contribution in [2.75, 3.05) is 0 Å². The van der Waals surface area contributed by atoms with Gasteiger partial charge in [-0.05, 0) is 39.7 Å². The molecule has 2 amide bonds. The SMILES string of the molecule is CCCCC(CC)C(=O)N1C(C(NC(=O)c2c(-c3ccccc3Cl)noc2C)C(=O)[O-])SC(C)(C)[C@@H]1C(=O)O.[Na+]. The summed E-state index contributed by atoms with van der Waals surface area (Å²) in [6, 6.07) is 3.62. The van der Waals surface area contributed by atoms with Crippen LogP contribution in [0.3, 0.4) is 0 Å². The van der Waals surface area contributed by atoms with E-state index in [1.807, 2.05) is 13.8 Å². The molecule has 1 aliphatic heterocycles. The summed E-state index contributed by atoms with van der Waals surface area (Å²) in [4.78, 5) is 53.2. The minimum absolute atomic E-state index is 0. The molecule has 0 radical (unpaired) electrons. The topological polar surface area (TPSA) is 153 Å². The van der Waals surface area contributed by atoms with Gasteiger partial charge in [0, 0.05) is 16.2 Å². The quantitative estimate of drug-likeness (QED) is 0.351. The monoisotopic (exact) mass is 601 g/mol. The molecule has 0 aliphatic carbocycles. The molecular weight excluding hydrogens is 569 g/mol. The summed E-state index contributed by atoms with van der Waals surface area (Å²) in [6.07, 6.45) is 2.60. The van der Waals surface area contributed by atoms with Gasteiger partial charge >= 0.3 is 35.5 Å². The van der Waals surface area contributed by atoms with Crippen LogP contribution in [0.25, 0.3) is 11.3 Å². The summed E-state index contributed by atoms with van der Waals surface area (Å²) in [5, 5.41) is 28.1. The third kappa shape index (κ3) is 7.05. The third-order valence-electron chi connectivity index (χ3n) is 6.92. The number of halogens is 1. The number of amides is 2. The number of nitrogens with one attached hydrogen (secondary N) is 1. The van der Waals surface area contributed by atoms with Gasteiger partial charge in [-0.2, -0.15) is 0 Å². The molecule has 1 aliphatic rings. The molecule has 3 unspecified atom stereocenters. The van der Waals surface area contributed by atoms with E-state index >= 15 is 0 Å². The van der Waals surface area contributed by atoms with Crippen LogP contribution in [0.15, 0.2) is 28.8 Å². The molecular formula is C27H33ClN3NaO7S.